The lowest BCUT2D eigenvalue weighted by Crippen LogP contribution is -2.31. The van der Waals surface area contributed by atoms with Crippen LogP contribution in [0.15, 0.2) is 42.0 Å². The first-order valence-electron chi connectivity index (χ1n) is 5.49. The largest absolute Gasteiger partial charge is 0.399 e. The Morgan fingerprint density at radius 3 is 3.00 bits per heavy atom. The number of likely N-dealkylation sites (N-methyl/N-ethyl adjacent to an activating group) is 1. The summed E-state index contributed by atoms with van der Waals surface area (Å²) in [5.41, 5.74) is 9.78. The van der Waals surface area contributed by atoms with E-state index >= 15 is 0 Å². The minimum absolute atomic E-state index is 0.703. The van der Waals surface area contributed by atoms with Crippen LogP contribution < -0.4 is 16.4 Å². The Kier molecular flexibility index (Phi) is 2.87. The lowest BCUT2D eigenvalue weighted by Gasteiger charge is -2.21. The van der Waals surface area contributed by atoms with E-state index in [9.17, 15) is 0 Å². The van der Waals surface area contributed by atoms with Crippen LogP contribution in [0.2, 0.25) is 0 Å². The predicted octanol–water partition coefficient (Wildman–Crippen LogP) is 2.00. The van der Waals surface area contributed by atoms with Gasteiger partial charge in [0.05, 0.1) is 11.4 Å². The maximum absolute atomic E-state index is 5.74. The molecule has 17 heavy (non-hydrogen) atoms. The number of nitrogens with two attached hydrogens (primary N) is 1. The highest BCUT2D eigenvalue weighted by Crippen LogP contribution is 2.30. The molecule has 4 nitrogen and oxygen atoms in total. The molecular weight excluding hydrogens is 212 g/mol. The number of nitrogens with zero attached hydrogens (tertiary/aromatic N) is 1. The van der Waals surface area contributed by atoms with E-state index in [1.54, 1.807) is 0 Å². The highest BCUT2D eigenvalue weighted by atomic mass is 15.1. The fourth-order valence-electron chi connectivity index (χ4n) is 1.69. The van der Waals surface area contributed by atoms with Gasteiger partial charge in [0.15, 0.2) is 5.84 Å². The third-order valence-electron chi connectivity index (χ3n) is 2.52. The van der Waals surface area contributed by atoms with Gasteiger partial charge in [-0.2, -0.15) is 0 Å². The molecule has 1 aromatic carbocycles. The van der Waals surface area contributed by atoms with Crippen LogP contribution >= 0.6 is 0 Å². The number of hydrogen-bond acceptors (Lipinski definition) is 4. The van der Waals surface area contributed by atoms with Crippen LogP contribution in [0.1, 0.15) is 12.5 Å². The molecule has 4 heteroatoms. The van der Waals surface area contributed by atoms with E-state index in [1.165, 1.54) is 0 Å². The molecule has 0 unspecified atom stereocenters. The molecule has 0 aromatic heterocycles. The average Bonchev–Trinajstić information content (AvgIpc) is 2.30. The molecule has 88 valence electrons. The van der Waals surface area contributed by atoms with Gasteiger partial charge in [-0.1, -0.05) is 13.2 Å². The monoisotopic (exact) mass is 228 g/mol. The number of nitrogen functional groups attached to an aromatic ring is 1. The van der Waals surface area contributed by atoms with Gasteiger partial charge in [-0.15, -0.1) is 0 Å². The Hall–Kier alpha value is -2.23. The molecular formula is C13H16N4. The van der Waals surface area contributed by atoms with Crippen molar-refractivity contribution in [1.82, 2.24) is 10.6 Å². The van der Waals surface area contributed by atoms with E-state index in [-0.39, 0.29) is 0 Å². The van der Waals surface area contributed by atoms with Crippen molar-refractivity contribution in [3.63, 3.8) is 0 Å². The molecule has 0 fully saturated rings. The molecule has 0 aliphatic carbocycles. The third-order valence-corrected chi connectivity index (χ3v) is 2.52. The van der Waals surface area contributed by atoms with Crippen LogP contribution in [0.5, 0.6) is 0 Å². The Bertz CT molecular complexity index is 514. The van der Waals surface area contributed by atoms with Gasteiger partial charge in [0.2, 0.25) is 0 Å². The Morgan fingerprint density at radius 1 is 1.53 bits per heavy atom. The maximum Gasteiger partial charge on any atom is 0.153 e. The fraction of sp³-hybridized carbons (Fsp3) is 0.154. The normalized spacial score (nSPS) is 13.5. The van der Waals surface area contributed by atoms with Crippen molar-refractivity contribution in [3.05, 3.63) is 42.6 Å². The van der Waals surface area contributed by atoms with E-state index in [2.05, 4.69) is 28.8 Å². The van der Waals surface area contributed by atoms with E-state index in [1.807, 2.05) is 25.1 Å². The van der Waals surface area contributed by atoms with Gasteiger partial charge >= 0.3 is 0 Å². The lowest BCUT2D eigenvalue weighted by molar-refractivity contribution is 0.885. The van der Waals surface area contributed by atoms with Gasteiger partial charge in [0, 0.05) is 23.5 Å². The first-order valence-corrected chi connectivity index (χ1v) is 5.49. The molecule has 1 aliphatic heterocycles. The summed E-state index contributed by atoms with van der Waals surface area (Å²) in [5, 5.41) is 6.25. The molecule has 0 radical (unpaired) electrons. The van der Waals surface area contributed by atoms with Crippen molar-refractivity contribution in [1.29, 1.82) is 0 Å². The second-order valence-corrected chi connectivity index (χ2v) is 3.85. The zero-order valence-corrected chi connectivity index (χ0v) is 9.88. The van der Waals surface area contributed by atoms with E-state index in [0.29, 0.717) is 11.5 Å². The number of benzene rings is 1. The summed E-state index contributed by atoms with van der Waals surface area (Å²) in [7, 11) is 0. The predicted molar refractivity (Wildman–Crippen MR) is 72.9 cm³/mol. The molecule has 1 aliphatic rings. The van der Waals surface area contributed by atoms with Crippen LogP contribution in [0.4, 0.5) is 11.4 Å². The van der Waals surface area contributed by atoms with E-state index in [0.717, 1.165) is 29.2 Å². The van der Waals surface area contributed by atoms with Gasteiger partial charge in [-0.25, -0.2) is 4.99 Å². The molecule has 0 saturated carbocycles. The van der Waals surface area contributed by atoms with Crippen LogP contribution in [-0.4, -0.2) is 12.4 Å². The van der Waals surface area contributed by atoms with Crippen LogP contribution in [0.3, 0.4) is 0 Å². The Balaban J connectivity index is 2.40. The molecule has 4 N–H and O–H groups in total. The van der Waals surface area contributed by atoms with Crippen LogP contribution in [0.25, 0.3) is 5.70 Å². The standard InChI is InChI=1S/C13H16N4/c1-4-15-9(3)13-16-8(2)11-7-10(14)5-6-12(11)17-13/h5-7,15H,2-4,14H2,1H3,(H,16,17). The number of aliphatic imine (C=N–C) groups is 1. The second kappa shape index (κ2) is 4.33. The van der Waals surface area contributed by atoms with E-state index < -0.39 is 0 Å². The number of hydrogen-bond donors (Lipinski definition) is 3. The highest BCUT2D eigenvalue weighted by molar-refractivity contribution is 6.06. The summed E-state index contributed by atoms with van der Waals surface area (Å²) < 4.78 is 0. The second-order valence-electron chi connectivity index (χ2n) is 3.85. The summed E-state index contributed by atoms with van der Waals surface area (Å²) >= 11 is 0. The van der Waals surface area contributed by atoms with Gasteiger partial charge in [0.1, 0.15) is 0 Å². The highest BCUT2D eigenvalue weighted by Gasteiger charge is 2.16. The molecule has 1 aromatic rings. The number of fused-ring (bicyclic) bond motifs is 1. The first-order chi connectivity index (χ1) is 8.11. The molecule has 0 amide bonds. The van der Waals surface area contributed by atoms with Gasteiger partial charge in [-0.05, 0) is 25.1 Å². The van der Waals surface area contributed by atoms with Crippen molar-refractivity contribution >= 4 is 22.9 Å². The molecule has 0 spiro atoms. The molecule has 0 bridgehead atoms. The maximum atomic E-state index is 5.74. The van der Waals surface area contributed by atoms with Crippen molar-refractivity contribution in [2.45, 2.75) is 6.92 Å². The summed E-state index contributed by atoms with van der Waals surface area (Å²) in [4.78, 5) is 4.48. The SMILES string of the molecule is C=C(NCC)C1=Nc2ccc(N)cc2C(=C)N1. The summed E-state index contributed by atoms with van der Waals surface area (Å²) in [6, 6.07) is 5.57. The Labute approximate surface area is 101 Å². The molecule has 2 rings (SSSR count). The molecule has 1 heterocycles. The number of anilines is 1. The minimum Gasteiger partial charge on any atom is -0.399 e. The number of rotatable bonds is 3. The van der Waals surface area contributed by atoms with Crippen molar-refractivity contribution in [2.75, 3.05) is 12.3 Å². The summed E-state index contributed by atoms with van der Waals surface area (Å²) in [5.74, 6) is 0.703. The average molecular weight is 228 g/mol. The van der Waals surface area contributed by atoms with Crippen LogP contribution in [-0.2, 0) is 0 Å². The number of nitrogens with one attached hydrogen (secondary N) is 2. The quantitative estimate of drug-likeness (QED) is 0.693. The third kappa shape index (κ3) is 2.15. The zero-order valence-electron chi connectivity index (χ0n) is 9.88. The van der Waals surface area contributed by atoms with Crippen molar-refractivity contribution in [2.24, 2.45) is 4.99 Å². The Morgan fingerprint density at radius 2 is 2.29 bits per heavy atom. The van der Waals surface area contributed by atoms with E-state index in [4.69, 9.17) is 5.73 Å². The van der Waals surface area contributed by atoms with Crippen molar-refractivity contribution in [3.8, 4) is 0 Å². The van der Waals surface area contributed by atoms with Gasteiger partial charge < -0.3 is 16.4 Å². The minimum atomic E-state index is 0.703. The van der Waals surface area contributed by atoms with Crippen LogP contribution in [0, 0.1) is 0 Å². The first kappa shape index (κ1) is 11.3. The number of amidine groups is 1. The molecule has 0 saturated heterocycles. The summed E-state index contributed by atoms with van der Waals surface area (Å²) in [6.07, 6.45) is 0. The fourth-order valence-corrected chi connectivity index (χ4v) is 1.69. The van der Waals surface area contributed by atoms with Gasteiger partial charge in [-0.3, -0.25) is 0 Å². The topological polar surface area (TPSA) is 62.4 Å². The summed E-state index contributed by atoms with van der Waals surface area (Å²) in [6.45, 7) is 10.7. The molecule has 0 atom stereocenters. The van der Waals surface area contributed by atoms with Gasteiger partial charge in [0.25, 0.3) is 0 Å². The van der Waals surface area contributed by atoms with Crippen molar-refractivity contribution < 1.29 is 0 Å². The lowest BCUT2D eigenvalue weighted by atomic mass is 10.1. The smallest absolute Gasteiger partial charge is 0.153 e. The zero-order chi connectivity index (χ0) is 12.4.